The maximum Gasteiger partial charge on any atom is 0.263 e. The Bertz CT molecular complexity index is 1110. The minimum absolute atomic E-state index is 0.0597. The molecule has 0 spiro atoms. The van der Waals surface area contributed by atoms with Crippen LogP contribution in [0.5, 0.6) is 11.6 Å². The van der Waals surface area contributed by atoms with Crippen LogP contribution < -0.4 is 15.0 Å². The topological polar surface area (TPSA) is 83.4 Å². The van der Waals surface area contributed by atoms with Gasteiger partial charge in [0.2, 0.25) is 0 Å². The van der Waals surface area contributed by atoms with E-state index in [0.717, 1.165) is 40.4 Å². The first kappa shape index (κ1) is 18.8. The number of thiazole rings is 1. The van der Waals surface area contributed by atoms with Crippen molar-refractivity contribution in [2.45, 2.75) is 18.9 Å². The number of anilines is 3. The van der Waals surface area contributed by atoms with Crippen molar-refractivity contribution in [2.75, 3.05) is 23.4 Å². The highest BCUT2D eigenvalue weighted by atomic mass is 32.1. The van der Waals surface area contributed by atoms with Gasteiger partial charge in [-0.25, -0.2) is 15.0 Å². The molecule has 1 aliphatic rings. The number of nitrogens with zero attached hydrogens (tertiary/aromatic N) is 4. The van der Waals surface area contributed by atoms with E-state index in [-0.39, 0.29) is 12.6 Å². The summed E-state index contributed by atoms with van der Waals surface area (Å²) in [5.74, 6) is 1.79. The van der Waals surface area contributed by atoms with Gasteiger partial charge in [-0.3, -0.25) is 0 Å². The van der Waals surface area contributed by atoms with Crippen LogP contribution in [0.2, 0.25) is 0 Å². The predicted molar refractivity (Wildman–Crippen MR) is 119 cm³/mol. The first-order valence-corrected chi connectivity index (χ1v) is 10.7. The van der Waals surface area contributed by atoms with Crippen LogP contribution in [0.15, 0.2) is 60.9 Å². The van der Waals surface area contributed by atoms with E-state index in [4.69, 9.17) is 4.74 Å². The third kappa shape index (κ3) is 3.79. The zero-order valence-corrected chi connectivity index (χ0v) is 17.0. The molecule has 30 heavy (non-hydrogen) atoms. The van der Waals surface area contributed by atoms with E-state index >= 15 is 0 Å². The average Bonchev–Trinajstić information content (AvgIpc) is 3.41. The number of aliphatic hydroxyl groups is 1. The Balaban J connectivity index is 1.32. The highest BCUT2D eigenvalue weighted by Crippen LogP contribution is 2.33. The Kier molecular flexibility index (Phi) is 5.17. The zero-order valence-electron chi connectivity index (χ0n) is 16.2. The third-order valence-electron chi connectivity index (χ3n) is 5.12. The van der Waals surface area contributed by atoms with E-state index in [9.17, 15) is 5.11 Å². The molecular formula is C22H21N5O2S. The number of rotatable bonds is 6. The third-order valence-corrected chi connectivity index (χ3v) is 6.07. The van der Waals surface area contributed by atoms with Gasteiger partial charge in [-0.15, -0.1) is 0 Å². The summed E-state index contributed by atoms with van der Waals surface area (Å²) < 4.78 is 7.18. The molecule has 0 saturated carbocycles. The SMILES string of the molecule is OCC1CCCN1c1nccnc1Oc1ccc(Nc2nc3ccccc3s2)cc1. The van der Waals surface area contributed by atoms with Gasteiger partial charge < -0.3 is 20.1 Å². The number of fused-ring (bicyclic) bond motifs is 1. The van der Waals surface area contributed by atoms with E-state index in [1.807, 2.05) is 42.5 Å². The van der Waals surface area contributed by atoms with Crippen LogP contribution in [-0.2, 0) is 0 Å². The highest BCUT2D eigenvalue weighted by molar-refractivity contribution is 7.22. The molecule has 1 aliphatic heterocycles. The molecule has 2 aromatic heterocycles. The maximum absolute atomic E-state index is 9.63. The fourth-order valence-corrected chi connectivity index (χ4v) is 4.54. The van der Waals surface area contributed by atoms with Crippen LogP contribution in [0.25, 0.3) is 10.2 Å². The average molecular weight is 420 g/mol. The van der Waals surface area contributed by atoms with Gasteiger partial charge in [0.05, 0.1) is 22.9 Å². The molecule has 8 heteroatoms. The molecule has 1 atom stereocenters. The summed E-state index contributed by atoms with van der Waals surface area (Å²) in [5, 5.41) is 13.8. The molecule has 1 saturated heterocycles. The molecule has 0 radical (unpaired) electrons. The van der Waals surface area contributed by atoms with E-state index < -0.39 is 0 Å². The van der Waals surface area contributed by atoms with E-state index in [1.165, 1.54) is 0 Å². The fourth-order valence-electron chi connectivity index (χ4n) is 3.66. The minimum atomic E-state index is 0.0597. The molecule has 152 valence electrons. The molecular weight excluding hydrogens is 398 g/mol. The monoisotopic (exact) mass is 419 g/mol. The Morgan fingerprint density at radius 3 is 2.77 bits per heavy atom. The van der Waals surface area contributed by atoms with Gasteiger partial charge >= 0.3 is 0 Å². The number of hydrogen-bond acceptors (Lipinski definition) is 8. The molecule has 1 unspecified atom stereocenters. The number of nitrogens with one attached hydrogen (secondary N) is 1. The van der Waals surface area contributed by atoms with E-state index in [2.05, 4.69) is 31.2 Å². The van der Waals surface area contributed by atoms with Crippen LogP contribution in [0.1, 0.15) is 12.8 Å². The lowest BCUT2D eigenvalue weighted by molar-refractivity contribution is 0.265. The summed E-state index contributed by atoms with van der Waals surface area (Å²) in [6.45, 7) is 0.938. The van der Waals surface area contributed by atoms with Gasteiger partial charge in [0.1, 0.15) is 5.75 Å². The summed E-state index contributed by atoms with van der Waals surface area (Å²) >= 11 is 1.62. The van der Waals surface area contributed by atoms with Gasteiger partial charge in [0.15, 0.2) is 10.9 Å². The molecule has 5 rings (SSSR count). The van der Waals surface area contributed by atoms with Crippen LogP contribution in [0.4, 0.5) is 16.6 Å². The lowest BCUT2D eigenvalue weighted by atomic mass is 10.2. The van der Waals surface area contributed by atoms with Crippen molar-refractivity contribution in [1.29, 1.82) is 0 Å². The quantitative estimate of drug-likeness (QED) is 0.473. The molecule has 3 heterocycles. The van der Waals surface area contributed by atoms with Crippen molar-refractivity contribution in [2.24, 2.45) is 0 Å². The second kappa shape index (κ2) is 8.25. The number of benzene rings is 2. The van der Waals surface area contributed by atoms with E-state index in [0.29, 0.717) is 17.4 Å². The molecule has 0 amide bonds. The number of hydrogen-bond donors (Lipinski definition) is 2. The van der Waals surface area contributed by atoms with Crippen molar-refractivity contribution in [3.63, 3.8) is 0 Å². The lowest BCUT2D eigenvalue weighted by Crippen LogP contribution is -2.33. The van der Waals surface area contributed by atoms with Crippen LogP contribution in [0, 0.1) is 0 Å². The van der Waals surface area contributed by atoms with Gasteiger partial charge in [-0.2, -0.15) is 0 Å². The van der Waals surface area contributed by atoms with Gasteiger partial charge in [0, 0.05) is 24.6 Å². The second-order valence-electron chi connectivity index (χ2n) is 7.10. The first-order valence-electron chi connectivity index (χ1n) is 9.89. The lowest BCUT2D eigenvalue weighted by Gasteiger charge is -2.25. The molecule has 1 fully saturated rings. The van der Waals surface area contributed by atoms with Gasteiger partial charge in [0.25, 0.3) is 5.88 Å². The largest absolute Gasteiger partial charge is 0.436 e. The summed E-state index contributed by atoms with van der Waals surface area (Å²) in [6, 6.07) is 15.8. The van der Waals surface area contributed by atoms with Crippen LogP contribution in [-0.4, -0.2) is 39.3 Å². The van der Waals surface area contributed by atoms with Crippen LogP contribution in [0.3, 0.4) is 0 Å². The minimum Gasteiger partial charge on any atom is -0.436 e. The summed E-state index contributed by atoms with van der Waals surface area (Å²) in [7, 11) is 0. The number of aliphatic hydroxyl groups excluding tert-OH is 1. The normalized spacial score (nSPS) is 16.2. The Labute approximate surface area is 178 Å². The zero-order chi connectivity index (χ0) is 20.3. The van der Waals surface area contributed by atoms with Gasteiger partial charge in [-0.05, 0) is 49.2 Å². The fraction of sp³-hybridized carbons (Fsp3) is 0.227. The summed E-state index contributed by atoms with van der Waals surface area (Å²) in [6.07, 6.45) is 5.23. The van der Waals surface area contributed by atoms with Crippen molar-refractivity contribution in [1.82, 2.24) is 15.0 Å². The maximum atomic E-state index is 9.63. The van der Waals surface area contributed by atoms with Crippen LogP contribution >= 0.6 is 11.3 Å². The Morgan fingerprint density at radius 2 is 1.93 bits per heavy atom. The smallest absolute Gasteiger partial charge is 0.263 e. The summed E-state index contributed by atoms with van der Waals surface area (Å²) in [5.41, 5.74) is 1.92. The number of ether oxygens (including phenoxy) is 1. The standard InChI is InChI=1S/C22H21N5O2S/c28-14-16-4-3-13-27(16)20-21(24-12-11-23-20)29-17-9-7-15(8-10-17)25-22-26-18-5-1-2-6-19(18)30-22/h1-2,5-12,16,28H,3-4,13-14H2,(H,25,26). The molecule has 2 aromatic carbocycles. The Hall–Kier alpha value is -3.23. The molecule has 7 nitrogen and oxygen atoms in total. The highest BCUT2D eigenvalue weighted by Gasteiger charge is 2.28. The van der Waals surface area contributed by atoms with Gasteiger partial charge in [-0.1, -0.05) is 23.5 Å². The van der Waals surface area contributed by atoms with Crippen molar-refractivity contribution in [3.8, 4) is 11.6 Å². The van der Waals surface area contributed by atoms with Crippen molar-refractivity contribution in [3.05, 3.63) is 60.9 Å². The second-order valence-corrected chi connectivity index (χ2v) is 8.13. The Morgan fingerprint density at radius 1 is 1.10 bits per heavy atom. The first-order chi connectivity index (χ1) is 14.8. The van der Waals surface area contributed by atoms with Crippen molar-refractivity contribution < 1.29 is 9.84 Å². The predicted octanol–water partition coefficient (Wildman–Crippen LogP) is 4.58. The molecule has 0 bridgehead atoms. The summed E-state index contributed by atoms with van der Waals surface area (Å²) in [4.78, 5) is 15.5. The molecule has 4 aromatic rings. The molecule has 2 N–H and O–H groups in total. The molecule has 0 aliphatic carbocycles. The van der Waals surface area contributed by atoms with Crippen molar-refractivity contribution >= 4 is 38.2 Å². The van der Waals surface area contributed by atoms with E-state index in [1.54, 1.807) is 23.7 Å². The number of para-hydroxylation sites is 1. The number of aromatic nitrogens is 3.